The number of aromatic nitrogens is 4. The van der Waals surface area contributed by atoms with Crippen LogP contribution in [0.1, 0.15) is 21.6 Å². The molecule has 0 aliphatic heterocycles. The molecule has 0 aliphatic rings. The molecule has 0 radical (unpaired) electrons. The molecule has 1 amide bonds. The minimum absolute atomic E-state index is 0.111. The smallest absolute Gasteiger partial charge is 0.259 e. The predicted molar refractivity (Wildman–Crippen MR) is 117 cm³/mol. The second-order valence-electron chi connectivity index (χ2n) is 7.45. The number of carbonyl (C=O) groups excluding carboxylic acids is 1. The van der Waals surface area contributed by atoms with Gasteiger partial charge in [0.15, 0.2) is 0 Å². The Morgan fingerprint density at radius 2 is 1.94 bits per heavy atom. The van der Waals surface area contributed by atoms with Crippen LogP contribution in [-0.2, 0) is 6.54 Å². The Bertz CT molecular complexity index is 1460. The van der Waals surface area contributed by atoms with Crippen molar-refractivity contribution < 1.29 is 18.1 Å². The van der Waals surface area contributed by atoms with Crippen LogP contribution in [0.5, 0.6) is 0 Å². The molecule has 0 aliphatic carbocycles. The lowest BCUT2D eigenvalue weighted by Gasteiger charge is -2.10. The van der Waals surface area contributed by atoms with Crippen LogP contribution in [0.4, 0.5) is 8.78 Å². The van der Waals surface area contributed by atoms with Gasteiger partial charge in [0.05, 0.1) is 34.4 Å². The van der Waals surface area contributed by atoms with Crippen LogP contribution in [0.25, 0.3) is 28.0 Å². The van der Waals surface area contributed by atoms with Gasteiger partial charge >= 0.3 is 0 Å². The van der Waals surface area contributed by atoms with Gasteiger partial charge in [-0.05, 0) is 55.0 Å². The molecule has 0 unspecified atom stereocenters. The van der Waals surface area contributed by atoms with Crippen LogP contribution in [0, 0.1) is 18.6 Å². The number of nitrogens with zero attached hydrogens (tertiary/aromatic N) is 4. The number of halogens is 2. The highest BCUT2D eigenvalue weighted by Gasteiger charge is 2.19. The van der Waals surface area contributed by atoms with Crippen LogP contribution in [0.2, 0.25) is 0 Å². The lowest BCUT2D eigenvalue weighted by molar-refractivity contribution is 0.0952. The lowest BCUT2D eigenvalue weighted by atomic mass is 10.0. The van der Waals surface area contributed by atoms with Gasteiger partial charge in [-0.3, -0.25) is 4.79 Å². The number of rotatable bonds is 5. The van der Waals surface area contributed by atoms with Crippen molar-refractivity contribution in [3.8, 4) is 16.9 Å². The Labute approximate surface area is 186 Å². The van der Waals surface area contributed by atoms with Crippen LogP contribution in [0.15, 0.2) is 71.8 Å². The molecule has 3 heterocycles. The number of hydrogen-bond acceptors (Lipinski definition) is 5. The first kappa shape index (κ1) is 20.5. The molecule has 0 saturated carbocycles. The van der Waals surface area contributed by atoms with Crippen molar-refractivity contribution in [3.63, 3.8) is 0 Å². The van der Waals surface area contributed by atoms with Crippen molar-refractivity contribution in [2.45, 2.75) is 13.5 Å². The first-order valence-electron chi connectivity index (χ1n) is 10.1. The second kappa shape index (κ2) is 8.27. The van der Waals surface area contributed by atoms with E-state index in [2.05, 4.69) is 20.4 Å². The summed E-state index contributed by atoms with van der Waals surface area (Å²) in [5.41, 5.74) is 3.06. The fourth-order valence-electron chi connectivity index (χ4n) is 3.59. The van der Waals surface area contributed by atoms with Gasteiger partial charge in [-0.25, -0.2) is 18.7 Å². The van der Waals surface area contributed by atoms with Crippen LogP contribution in [0.3, 0.4) is 0 Å². The molecule has 7 nitrogen and oxygen atoms in total. The summed E-state index contributed by atoms with van der Waals surface area (Å²) in [6, 6.07) is 12.1. The third kappa shape index (κ3) is 3.96. The number of hydrogen-bond donors (Lipinski definition) is 1. The first-order chi connectivity index (χ1) is 16.0. The van der Waals surface area contributed by atoms with E-state index in [9.17, 15) is 13.6 Å². The molecule has 164 valence electrons. The Balaban J connectivity index is 1.43. The monoisotopic (exact) mass is 445 g/mol. The Kier molecular flexibility index (Phi) is 5.14. The highest BCUT2D eigenvalue weighted by atomic mass is 19.1. The summed E-state index contributed by atoms with van der Waals surface area (Å²) in [5, 5.41) is 7.21. The summed E-state index contributed by atoms with van der Waals surface area (Å²) >= 11 is 0. The number of amides is 1. The van der Waals surface area contributed by atoms with E-state index >= 15 is 0 Å². The highest BCUT2D eigenvalue weighted by molar-refractivity contribution is 6.06. The van der Waals surface area contributed by atoms with Gasteiger partial charge in [-0.15, -0.1) is 0 Å². The number of fused-ring (bicyclic) bond motifs is 1. The van der Waals surface area contributed by atoms with Crippen LogP contribution >= 0.6 is 0 Å². The average Bonchev–Trinajstić information content (AvgIpc) is 3.48. The Hall–Kier alpha value is -4.40. The van der Waals surface area contributed by atoms with Gasteiger partial charge in [0.2, 0.25) is 0 Å². The maximum Gasteiger partial charge on any atom is 0.259 e. The van der Waals surface area contributed by atoms with Crippen molar-refractivity contribution >= 4 is 17.0 Å². The van der Waals surface area contributed by atoms with Gasteiger partial charge in [-0.2, -0.15) is 0 Å². The first-order valence-corrected chi connectivity index (χ1v) is 10.1. The number of pyridine rings is 1. The third-order valence-electron chi connectivity index (χ3n) is 5.25. The standard InChI is InChI=1S/C24H17F2N5O2/c1-14-22-18(11-20(29-24(22)33-30-14)16-3-5-17(25)6-4-16)23(32)28-12-15-2-7-21(19(26)10-15)31-9-8-27-13-31/h2-11,13H,12H2,1H3,(H,28,32). The SMILES string of the molecule is Cc1noc2nc(-c3ccc(F)cc3)cc(C(=O)NCc3ccc(-n4ccnc4)c(F)c3)c12. The van der Waals surface area contributed by atoms with Gasteiger partial charge in [0.1, 0.15) is 11.6 Å². The quantitative estimate of drug-likeness (QED) is 0.428. The molecule has 0 atom stereocenters. The van der Waals surface area contributed by atoms with Gasteiger partial charge < -0.3 is 14.4 Å². The number of aryl methyl sites for hydroxylation is 1. The van der Waals surface area contributed by atoms with E-state index < -0.39 is 11.7 Å². The molecule has 5 rings (SSSR count). The predicted octanol–water partition coefficient (Wildman–Crippen LogP) is 4.59. The minimum Gasteiger partial charge on any atom is -0.348 e. The molecule has 2 aromatic carbocycles. The van der Waals surface area contributed by atoms with E-state index in [-0.39, 0.29) is 18.1 Å². The van der Waals surface area contributed by atoms with Crippen molar-refractivity contribution in [1.82, 2.24) is 25.0 Å². The van der Waals surface area contributed by atoms with E-state index in [0.29, 0.717) is 39.2 Å². The molecule has 33 heavy (non-hydrogen) atoms. The summed E-state index contributed by atoms with van der Waals surface area (Å²) < 4.78 is 34.7. The van der Waals surface area contributed by atoms with E-state index in [1.807, 2.05) is 0 Å². The molecule has 0 bridgehead atoms. The summed E-state index contributed by atoms with van der Waals surface area (Å²) in [6.07, 6.45) is 4.72. The van der Waals surface area contributed by atoms with E-state index in [4.69, 9.17) is 4.52 Å². The molecule has 9 heteroatoms. The maximum atomic E-state index is 14.5. The van der Waals surface area contributed by atoms with Crippen molar-refractivity contribution in [2.75, 3.05) is 0 Å². The fraction of sp³-hybridized carbons (Fsp3) is 0.0833. The third-order valence-corrected chi connectivity index (χ3v) is 5.25. The molecular weight excluding hydrogens is 428 g/mol. The Morgan fingerprint density at radius 3 is 2.67 bits per heavy atom. The van der Waals surface area contributed by atoms with Gasteiger partial charge in [0, 0.05) is 24.5 Å². The number of nitrogens with one attached hydrogen (secondary N) is 1. The largest absolute Gasteiger partial charge is 0.348 e. The van der Waals surface area contributed by atoms with Crippen molar-refractivity contribution in [3.05, 3.63) is 95.7 Å². The molecule has 3 aromatic heterocycles. The molecule has 5 aromatic rings. The Morgan fingerprint density at radius 1 is 1.12 bits per heavy atom. The van der Waals surface area contributed by atoms with Crippen LogP contribution < -0.4 is 5.32 Å². The zero-order chi connectivity index (χ0) is 22.9. The zero-order valence-corrected chi connectivity index (χ0v) is 17.4. The zero-order valence-electron chi connectivity index (χ0n) is 17.4. The summed E-state index contributed by atoms with van der Waals surface area (Å²) in [4.78, 5) is 21.4. The fourth-order valence-corrected chi connectivity index (χ4v) is 3.59. The average molecular weight is 445 g/mol. The lowest BCUT2D eigenvalue weighted by Crippen LogP contribution is -2.23. The molecular formula is C24H17F2N5O2. The minimum atomic E-state index is -0.431. The molecule has 1 N–H and O–H groups in total. The summed E-state index contributed by atoms with van der Waals surface area (Å²) in [7, 11) is 0. The number of carbonyl (C=O) groups is 1. The van der Waals surface area contributed by atoms with Crippen molar-refractivity contribution in [1.29, 1.82) is 0 Å². The van der Waals surface area contributed by atoms with Gasteiger partial charge in [0.25, 0.3) is 11.6 Å². The van der Waals surface area contributed by atoms with E-state index in [1.165, 1.54) is 24.5 Å². The number of benzene rings is 2. The van der Waals surface area contributed by atoms with E-state index in [0.717, 1.165) is 0 Å². The maximum absolute atomic E-state index is 14.5. The summed E-state index contributed by atoms with van der Waals surface area (Å²) in [6.45, 7) is 1.83. The summed E-state index contributed by atoms with van der Waals surface area (Å²) in [5.74, 6) is -1.20. The van der Waals surface area contributed by atoms with Crippen LogP contribution in [-0.4, -0.2) is 25.6 Å². The molecule has 0 saturated heterocycles. The molecule has 0 fully saturated rings. The second-order valence-corrected chi connectivity index (χ2v) is 7.45. The normalized spacial score (nSPS) is 11.1. The van der Waals surface area contributed by atoms with Crippen molar-refractivity contribution in [2.24, 2.45) is 0 Å². The highest BCUT2D eigenvalue weighted by Crippen LogP contribution is 2.27. The number of imidazole rings is 1. The van der Waals surface area contributed by atoms with E-state index in [1.54, 1.807) is 54.2 Å². The molecule has 0 spiro atoms. The van der Waals surface area contributed by atoms with Gasteiger partial charge in [-0.1, -0.05) is 11.2 Å². The topological polar surface area (TPSA) is 85.8 Å².